The number of primary amides is 1. The largest absolute Gasteiger partial charge is 0.573 e. The van der Waals surface area contributed by atoms with E-state index in [0.717, 1.165) is 31.4 Å². The predicted molar refractivity (Wildman–Crippen MR) is 140 cm³/mol. The van der Waals surface area contributed by atoms with Crippen LogP contribution in [-0.4, -0.2) is 75.9 Å². The van der Waals surface area contributed by atoms with Crippen molar-refractivity contribution >= 4 is 16.9 Å². The molecule has 2 unspecified atom stereocenters. The summed E-state index contributed by atoms with van der Waals surface area (Å²) in [4.78, 5) is 12.0. The zero-order chi connectivity index (χ0) is 28.9. The summed E-state index contributed by atoms with van der Waals surface area (Å²) in [7, 11) is -1.53. The minimum Gasteiger partial charge on any atom is -0.406 e. The summed E-state index contributed by atoms with van der Waals surface area (Å²) in [6.07, 6.45) is -0.253. The summed E-state index contributed by atoms with van der Waals surface area (Å²) in [5.74, 6) is -0.834. The van der Waals surface area contributed by atoms with Crippen molar-refractivity contribution in [1.82, 2.24) is 4.31 Å². The van der Waals surface area contributed by atoms with E-state index in [1.54, 1.807) is 4.31 Å². The van der Waals surface area contributed by atoms with Crippen LogP contribution in [0.1, 0.15) is 64.4 Å². The zero-order valence-corrected chi connectivity index (χ0v) is 23.4. The van der Waals surface area contributed by atoms with Gasteiger partial charge in [0.1, 0.15) is 21.5 Å². The molecule has 0 radical (unpaired) electrons. The highest BCUT2D eigenvalue weighted by molar-refractivity contribution is 7.85. The Labute approximate surface area is 230 Å². The number of rotatable bonds is 7. The summed E-state index contributed by atoms with van der Waals surface area (Å²) in [5, 5.41) is 8.69. The quantitative estimate of drug-likeness (QED) is 0.502. The van der Waals surface area contributed by atoms with Gasteiger partial charge in [0.25, 0.3) is 0 Å². The number of aliphatic hydroxyl groups is 1. The van der Waals surface area contributed by atoms with E-state index in [2.05, 4.69) is 4.74 Å². The molecule has 0 bridgehead atoms. The van der Waals surface area contributed by atoms with Gasteiger partial charge in [-0.2, -0.15) is 0 Å². The van der Waals surface area contributed by atoms with Crippen LogP contribution in [0.15, 0.2) is 24.3 Å². The summed E-state index contributed by atoms with van der Waals surface area (Å²) < 4.78 is 70.2. The lowest BCUT2D eigenvalue weighted by atomic mass is 9.98. The highest BCUT2D eigenvalue weighted by atomic mass is 32.2. The monoisotopic (exact) mass is 582 g/mol. The number of hydrogen-bond acceptors (Lipinski definition) is 7. The van der Waals surface area contributed by atoms with Crippen molar-refractivity contribution < 1.29 is 46.2 Å². The van der Waals surface area contributed by atoms with Gasteiger partial charge in [0.05, 0.1) is 12.7 Å². The summed E-state index contributed by atoms with van der Waals surface area (Å²) in [6.45, 7) is 6.73. The number of hydrogen-bond donors (Lipinski definition) is 2. The van der Waals surface area contributed by atoms with E-state index >= 15 is 0 Å². The van der Waals surface area contributed by atoms with E-state index in [0.29, 0.717) is 52.0 Å². The first-order valence-electron chi connectivity index (χ1n) is 13.4. The second-order valence-corrected chi connectivity index (χ2v) is 11.0. The molecule has 2 atom stereocenters. The SMILES string of the molecule is CC.NC(=O)C1(S(=O)N2CCC(OCc3ccc(OC(F)(F)F)cc3)CC2)CCOCC1.OC1CCCCO1. The minimum absolute atomic E-state index is 0.0661. The Morgan fingerprint density at radius 3 is 2.18 bits per heavy atom. The summed E-state index contributed by atoms with van der Waals surface area (Å²) in [5.41, 5.74) is 6.31. The molecule has 3 aliphatic rings. The number of carbonyl (C=O) groups excluding carboxylic acids is 1. The number of amides is 1. The molecule has 4 rings (SSSR count). The number of aliphatic hydroxyl groups excluding tert-OH is 1. The molecule has 0 saturated carbocycles. The van der Waals surface area contributed by atoms with Gasteiger partial charge in [-0.15, -0.1) is 13.2 Å². The summed E-state index contributed by atoms with van der Waals surface area (Å²) >= 11 is 0. The van der Waals surface area contributed by atoms with E-state index < -0.39 is 34.3 Å². The third-order valence-electron chi connectivity index (χ3n) is 6.52. The number of ether oxygens (including phenoxy) is 4. The van der Waals surface area contributed by atoms with E-state index in [9.17, 15) is 22.2 Å². The molecular weight excluding hydrogens is 541 g/mol. The maximum Gasteiger partial charge on any atom is 0.573 e. The van der Waals surface area contributed by atoms with Gasteiger partial charge in [-0.25, -0.2) is 8.51 Å². The smallest absolute Gasteiger partial charge is 0.406 e. The maximum absolute atomic E-state index is 13.1. The average molecular weight is 583 g/mol. The molecule has 39 heavy (non-hydrogen) atoms. The van der Waals surface area contributed by atoms with Gasteiger partial charge < -0.3 is 29.8 Å². The van der Waals surface area contributed by atoms with Crippen LogP contribution in [0.2, 0.25) is 0 Å². The van der Waals surface area contributed by atoms with E-state index in [4.69, 9.17) is 25.1 Å². The van der Waals surface area contributed by atoms with Gasteiger partial charge in [-0.3, -0.25) is 4.79 Å². The molecule has 0 aliphatic carbocycles. The molecule has 9 nitrogen and oxygen atoms in total. The molecule has 13 heteroatoms. The highest BCUT2D eigenvalue weighted by Crippen LogP contribution is 2.31. The van der Waals surface area contributed by atoms with Crippen LogP contribution in [0.4, 0.5) is 13.2 Å². The molecule has 1 amide bonds. The fourth-order valence-corrected chi connectivity index (χ4v) is 6.07. The Morgan fingerprint density at radius 1 is 1.10 bits per heavy atom. The van der Waals surface area contributed by atoms with Gasteiger partial charge in [0.2, 0.25) is 5.91 Å². The molecule has 3 saturated heterocycles. The molecule has 1 aromatic rings. The van der Waals surface area contributed by atoms with Gasteiger partial charge in [0, 0.05) is 32.9 Å². The van der Waals surface area contributed by atoms with Gasteiger partial charge in [-0.1, -0.05) is 26.0 Å². The van der Waals surface area contributed by atoms with Crippen molar-refractivity contribution in [2.24, 2.45) is 5.73 Å². The van der Waals surface area contributed by atoms with Gasteiger partial charge in [-0.05, 0) is 62.6 Å². The fraction of sp³-hybridized carbons (Fsp3) is 0.731. The molecule has 3 aliphatic heterocycles. The number of halogens is 3. The first-order valence-corrected chi connectivity index (χ1v) is 14.5. The van der Waals surface area contributed by atoms with Gasteiger partial charge >= 0.3 is 6.36 Å². The second kappa shape index (κ2) is 16.5. The Bertz CT molecular complexity index is 869. The molecule has 3 fully saturated rings. The standard InChI is InChI=1S/C19H25F3N2O5S.C5H10O2.C2H6/c20-19(21,22)29-16-3-1-14(2-4-16)13-28-15-5-9-24(10-6-15)30(26)18(17(23)25)7-11-27-12-8-18;6-5-3-1-2-4-7-5;1-2/h1-4,15H,5-13H2,(H2,23,25);5-6H,1-4H2;1-2H3. The number of carbonyl (C=O) groups is 1. The predicted octanol–water partition coefficient (Wildman–Crippen LogP) is 3.80. The molecule has 0 spiro atoms. The van der Waals surface area contributed by atoms with Gasteiger partial charge in [0.15, 0.2) is 6.29 Å². The van der Waals surface area contributed by atoms with Crippen molar-refractivity contribution in [1.29, 1.82) is 0 Å². The lowest BCUT2D eigenvalue weighted by Crippen LogP contribution is -2.56. The lowest BCUT2D eigenvalue weighted by Gasteiger charge is -2.39. The Hall–Kier alpha value is -1.77. The van der Waals surface area contributed by atoms with E-state index in [1.165, 1.54) is 24.3 Å². The van der Waals surface area contributed by atoms with E-state index in [-0.39, 0.29) is 18.5 Å². The van der Waals surface area contributed by atoms with Crippen LogP contribution in [0, 0.1) is 0 Å². The fourth-order valence-electron chi connectivity index (χ4n) is 4.35. The van der Waals surface area contributed by atoms with Crippen LogP contribution in [0.5, 0.6) is 5.75 Å². The number of nitrogens with two attached hydrogens (primary N) is 1. The first kappa shape index (κ1) is 33.4. The minimum atomic E-state index is -4.72. The molecule has 224 valence electrons. The second-order valence-electron chi connectivity index (χ2n) is 9.17. The third-order valence-corrected chi connectivity index (χ3v) is 8.63. The Kier molecular flexibility index (Phi) is 14.1. The Balaban J connectivity index is 0.000000507. The van der Waals surface area contributed by atoms with Crippen LogP contribution in [0.25, 0.3) is 0 Å². The van der Waals surface area contributed by atoms with E-state index in [1.807, 2.05) is 13.8 Å². The number of piperidine rings is 1. The zero-order valence-electron chi connectivity index (χ0n) is 22.6. The average Bonchev–Trinajstić information content (AvgIpc) is 2.94. The Morgan fingerprint density at radius 2 is 1.72 bits per heavy atom. The summed E-state index contributed by atoms with van der Waals surface area (Å²) in [6, 6.07) is 5.53. The molecule has 3 heterocycles. The van der Waals surface area contributed by atoms with Crippen molar-refractivity contribution in [2.45, 2.75) is 88.9 Å². The molecular formula is C26H41F3N2O7S. The maximum atomic E-state index is 13.1. The normalized spacial score (nSPS) is 22.9. The van der Waals surface area contributed by atoms with Crippen LogP contribution in [-0.2, 0) is 36.6 Å². The van der Waals surface area contributed by atoms with Crippen molar-refractivity contribution in [3.8, 4) is 5.75 Å². The molecule has 1 aromatic carbocycles. The lowest BCUT2D eigenvalue weighted by molar-refractivity contribution is -0.274. The highest BCUT2D eigenvalue weighted by Gasteiger charge is 2.47. The van der Waals surface area contributed by atoms with Crippen LogP contribution >= 0.6 is 0 Å². The van der Waals surface area contributed by atoms with Crippen LogP contribution in [0.3, 0.4) is 0 Å². The molecule has 3 N–H and O–H groups in total. The number of benzene rings is 1. The first-order chi connectivity index (χ1) is 18.6. The number of alkyl halides is 3. The van der Waals surface area contributed by atoms with Crippen molar-refractivity contribution in [3.63, 3.8) is 0 Å². The topological polar surface area (TPSA) is 121 Å². The molecule has 0 aromatic heterocycles. The van der Waals surface area contributed by atoms with Crippen LogP contribution < -0.4 is 10.5 Å². The number of nitrogens with zero attached hydrogens (tertiary/aromatic N) is 1. The van der Waals surface area contributed by atoms with Crippen molar-refractivity contribution in [3.05, 3.63) is 29.8 Å². The van der Waals surface area contributed by atoms with Crippen molar-refractivity contribution in [2.75, 3.05) is 32.9 Å². The third kappa shape index (κ3) is 11.0.